The molecule has 1 aliphatic rings. The number of benzene rings is 1. The largest absolute Gasteiger partial charge is 0.326 e. The molecule has 0 radical (unpaired) electrons. The fourth-order valence-corrected chi connectivity index (χ4v) is 3.35. The van der Waals surface area contributed by atoms with Crippen molar-refractivity contribution in [3.05, 3.63) is 51.9 Å². The number of H-pyrrole nitrogens is 1. The third-order valence-corrected chi connectivity index (χ3v) is 4.72. The Balaban J connectivity index is 1.65. The SMILES string of the molecule is CC1CCCN(Cc2ccc(Nc3nc(C(C)C)cc(=O)[nH]3)cc2)C1. The number of piperidine rings is 1. The minimum Gasteiger partial charge on any atom is -0.326 e. The Morgan fingerprint density at radius 3 is 2.76 bits per heavy atom. The smallest absolute Gasteiger partial charge is 0.252 e. The van der Waals surface area contributed by atoms with E-state index in [1.165, 1.54) is 31.5 Å². The van der Waals surface area contributed by atoms with Gasteiger partial charge in [-0.05, 0) is 48.9 Å². The van der Waals surface area contributed by atoms with Gasteiger partial charge < -0.3 is 5.32 Å². The summed E-state index contributed by atoms with van der Waals surface area (Å²) in [6, 6.07) is 9.94. The summed E-state index contributed by atoms with van der Waals surface area (Å²) in [5.74, 6) is 1.51. The molecular weight excluding hydrogens is 312 g/mol. The van der Waals surface area contributed by atoms with Crippen molar-refractivity contribution >= 4 is 11.6 Å². The molecule has 2 N–H and O–H groups in total. The molecular formula is C20H28N4O. The average Bonchev–Trinajstić information content (AvgIpc) is 2.56. The lowest BCUT2D eigenvalue weighted by atomic mass is 10.00. The quantitative estimate of drug-likeness (QED) is 0.867. The highest BCUT2D eigenvalue weighted by Crippen LogP contribution is 2.20. The molecule has 1 atom stereocenters. The number of rotatable bonds is 5. The van der Waals surface area contributed by atoms with Crippen LogP contribution in [-0.2, 0) is 6.54 Å². The van der Waals surface area contributed by atoms with Crippen molar-refractivity contribution in [3.63, 3.8) is 0 Å². The van der Waals surface area contributed by atoms with E-state index < -0.39 is 0 Å². The highest BCUT2D eigenvalue weighted by molar-refractivity contribution is 5.53. The van der Waals surface area contributed by atoms with Gasteiger partial charge in [-0.1, -0.05) is 32.9 Å². The lowest BCUT2D eigenvalue weighted by molar-refractivity contribution is 0.176. The Bertz CT molecular complexity index is 751. The summed E-state index contributed by atoms with van der Waals surface area (Å²) in [6.45, 7) is 9.77. The van der Waals surface area contributed by atoms with Gasteiger partial charge in [0.1, 0.15) is 0 Å². The Labute approximate surface area is 149 Å². The van der Waals surface area contributed by atoms with E-state index in [0.717, 1.165) is 23.8 Å². The molecule has 0 aliphatic carbocycles. The second-order valence-corrected chi connectivity index (χ2v) is 7.48. The first-order chi connectivity index (χ1) is 12.0. The van der Waals surface area contributed by atoms with Crippen molar-refractivity contribution in [2.45, 2.75) is 46.1 Å². The number of hydrogen-bond donors (Lipinski definition) is 2. The lowest BCUT2D eigenvalue weighted by Crippen LogP contribution is -2.33. The van der Waals surface area contributed by atoms with Crippen LogP contribution in [0.15, 0.2) is 35.1 Å². The van der Waals surface area contributed by atoms with Crippen LogP contribution in [0.4, 0.5) is 11.6 Å². The van der Waals surface area contributed by atoms with Crippen molar-refractivity contribution in [2.24, 2.45) is 5.92 Å². The van der Waals surface area contributed by atoms with Crippen molar-refractivity contribution in [3.8, 4) is 0 Å². The van der Waals surface area contributed by atoms with Gasteiger partial charge >= 0.3 is 0 Å². The van der Waals surface area contributed by atoms with Crippen LogP contribution in [0.5, 0.6) is 0 Å². The van der Waals surface area contributed by atoms with Gasteiger partial charge in [-0.3, -0.25) is 14.7 Å². The zero-order valence-corrected chi connectivity index (χ0v) is 15.4. The van der Waals surface area contributed by atoms with Crippen LogP contribution in [-0.4, -0.2) is 28.0 Å². The standard InChI is InChI=1S/C20H28N4O/c1-14(2)18-11-19(25)23-20(22-18)21-17-8-6-16(7-9-17)13-24-10-4-5-15(3)12-24/h6-9,11,14-15H,4-5,10,12-13H2,1-3H3,(H2,21,22,23,25). The van der Waals surface area contributed by atoms with Gasteiger partial charge in [-0.15, -0.1) is 0 Å². The monoisotopic (exact) mass is 340 g/mol. The van der Waals surface area contributed by atoms with Gasteiger partial charge in [0.05, 0.1) is 5.69 Å². The summed E-state index contributed by atoms with van der Waals surface area (Å²) in [7, 11) is 0. The number of anilines is 2. The number of likely N-dealkylation sites (tertiary alicyclic amines) is 1. The lowest BCUT2D eigenvalue weighted by Gasteiger charge is -2.30. The molecule has 1 unspecified atom stereocenters. The Kier molecular flexibility index (Phi) is 5.53. The average molecular weight is 340 g/mol. The normalized spacial score (nSPS) is 18.5. The van der Waals surface area contributed by atoms with E-state index in [-0.39, 0.29) is 11.5 Å². The summed E-state index contributed by atoms with van der Waals surface area (Å²) in [5.41, 5.74) is 2.91. The highest BCUT2D eigenvalue weighted by Gasteiger charge is 2.16. The third-order valence-electron chi connectivity index (χ3n) is 4.72. The summed E-state index contributed by atoms with van der Waals surface area (Å²) >= 11 is 0. The van der Waals surface area contributed by atoms with Crippen molar-refractivity contribution in [1.82, 2.24) is 14.9 Å². The minimum absolute atomic E-state index is 0.128. The maximum atomic E-state index is 11.8. The van der Waals surface area contributed by atoms with Crippen LogP contribution >= 0.6 is 0 Å². The molecule has 1 aromatic heterocycles. The van der Waals surface area contributed by atoms with Crippen molar-refractivity contribution in [1.29, 1.82) is 0 Å². The maximum Gasteiger partial charge on any atom is 0.252 e. The topological polar surface area (TPSA) is 61.0 Å². The van der Waals surface area contributed by atoms with Crippen molar-refractivity contribution in [2.75, 3.05) is 18.4 Å². The zero-order chi connectivity index (χ0) is 17.8. The van der Waals surface area contributed by atoms with Crippen LogP contribution in [0, 0.1) is 5.92 Å². The van der Waals surface area contributed by atoms with Gasteiger partial charge in [0.15, 0.2) is 0 Å². The summed E-state index contributed by atoms with van der Waals surface area (Å²) < 4.78 is 0. The van der Waals surface area contributed by atoms with Gasteiger partial charge in [0.2, 0.25) is 5.95 Å². The fourth-order valence-electron chi connectivity index (χ4n) is 3.35. The van der Waals surface area contributed by atoms with Gasteiger partial charge in [0.25, 0.3) is 5.56 Å². The van der Waals surface area contributed by atoms with Crippen LogP contribution in [0.3, 0.4) is 0 Å². The van der Waals surface area contributed by atoms with E-state index >= 15 is 0 Å². The number of hydrogen-bond acceptors (Lipinski definition) is 4. The van der Waals surface area contributed by atoms with Gasteiger partial charge in [-0.25, -0.2) is 4.98 Å². The molecule has 3 rings (SSSR count). The minimum atomic E-state index is -0.128. The van der Waals surface area contributed by atoms with E-state index in [1.807, 2.05) is 26.0 Å². The highest BCUT2D eigenvalue weighted by atomic mass is 16.1. The Hall–Kier alpha value is -2.14. The zero-order valence-electron chi connectivity index (χ0n) is 15.4. The first-order valence-electron chi connectivity index (χ1n) is 9.19. The molecule has 5 heteroatoms. The molecule has 0 amide bonds. The van der Waals surface area contributed by atoms with Crippen LogP contribution in [0.1, 0.15) is 50.8 Å². The first kappa shape index (κ1) is 17.7. The maximum absolute atomic E-state index is 11.8. The summed E-state index contributed by atoms with van der Waals surface area (Å²) in [5, 5.41) is 3.20. The molecule has 0 spiro atoms. The third kappa shape index (κ3) is 4.92. The van der Waals surface area contributed by atoms with Crippen LogP contribution < -0.4 is 10.9 Å². The van der Waals surface area contributed by atoms with E-state index in [9.17, 15) is 4.79 Å². The van der Waals surface area contributed by atoms with E-state index in [0.29, 0.717) is 5.95 Å². The number of aromatic nitrogens is 2. The van der Waals surface area contributed by atoms with Gasteiger partial charge in [0, 0.05) is 24.8 Å². The molecule has 25 heavy (non-hydrogen) atoms. The van der Waals surface area contributed by atoms with E-state index in [2.05, 4.69) is 39.2 Å². The number of nitrogens with zero attached hydrogens (tertiary/aromatic N) is 2. The van der Waals surface area contributed by atoms with Gasteiger partial charge in [-0.2, -0.15) is 0 Å². The first-order valence-corrected chi connectivity index (χ1v) is 9.19. The molecule has 2 heterocycles. The Morgan fingerprint density at radius 2 is 2.08 bits per heavy atom. The second kappa shape index (κ2) is 7.83. The van der Waals surface area contributed by atoms with Crippen molar-refractivity contribution < 1.29 is 0 Å². The molecule has 2 aromatic rings. The fraction of sp³-hybridized carbons (Fsp3) is 0.500. The summed E-state index contributed by atoms with van der Waals surface area (Å²) in [6.07, 6.45) is 2.64. The predicted octanol–water partition coefficient (Wildman–Crippen LogP) is 3.87. The number of aromatic amines is 1. The Morgan fingerprint density at radius 1 is 1.32 bits per heavy atom. The van der Waals surface area contributed by atoms with Crippen LogP contribution in [0.25, 0.3) is 0 Å². The molecule has 0 bridgehead atoms. The predicted molar refractivity (Wildman–Crippen MR) is 102 cm³/mol. The number of nitrogens with one attached hydrogen (secondary N) is 2. The molecule has 1 aliphatic heterocycles. The summed E-state index contributed by atoms with van der Waals surface area (Å²) in [4.78, 5) is 21.5. The van der Waals surface area contributed by atoms with E-state index in [1.54, 1.807) is 6.07 Å². The molecule has 1 saturated heterocycles. The second-order valence-electron chi connectivity index (χ2n) is 7.48. The molecule has 5 nitrogen and oxygen atoms in total. The molecule has 1 fully saturated rings. The van der Waals surface area contributed by atoms with E-state index in [4.69, 9.17) is 0 Å². The molecule has 1 aromatic carbocycles. The van der Waals surface area contributed by atoms with Crippen LogP contribution in [0.2, 0.25) is 0 Å². The molecule has 134 valence electrons. The molecule has 0 saturated carbocycles.